The molecule has 0 spiro atoms. The minimum Gasteiger partial charge on any atom is -0.493 e. The smallest absolute Gasteiger partial charge is 0.335 e. The number of urea groups is 1. The third-order valence-electron chi connectivity index (χ3n) is 4.42. The largest absolute Gasteiger partial charge is 0.493 e. The zero-order valence-electron chi connectivity index (χ0n) is 16.3. The lowest BCUT2D eigenvalue weighted by atomic mass is 10.1. The van der Waals surface area contributed by atoms with Crippen LogP contribution >= 0.6 is 0 Å². The van der Waals surface area contributed by atoms with Crippen LogP contribution in [0.2, 0.25) is 0 Å². The summed E-state index contributed by atoms with van der Waals surface area (Å²) in [4.78, 5) is 42.1. The predicted octanol–water partition coefficient (Wildman–Crippen LogP) is 2.93. The molecule has 0 saturated carbocycles. The summed E-state index contributed by atoms with van der Waals surface area (Å²) in [5.41, 5.74) is 0.704. The summed E-state index contributed by atoms with van der Waals surface area (Å²) >= 11 is 0. The number of ether oxygens (including phenoxy) is 2. The number of imide groups is 2. The molecule has 0 radical (unpaired) electrons. The normalized spacial score (nSPS) is 16.6. The molecule has 3 rings (SSSR count). The van der Waals surface area contributed by atoms with Crippen LogP contribution in [0.1, 0.15) is 25.8 Å². The van der Waals surface area contributed by atoms with Gasteiger partial charge in [0.05, 0.1) is 18.9 Å². The van der Waals surface area contributed by atoms with Gasteiger partial charge in [0.25, 0.3) is 11.8 Å². The van der Waals surface area contributed by atoms with Crippen molar-refractivity contribution in [2.45, 2.75) is 26.4 Å². The number of hydrogen-bond acceptors (Lipinski definition) is 6. The first-order chi connectivity index (χ1) is 13.9. The molecule has 0 bridgehead atoms. The lowest BCUT2D eigenvalue weighted by molar-refractivity contribution is -0.122. The standard InChI is InChI=1S/C21H21N3O5/c1-4-13(2)29-17-6-5-14(12-18(17)28-3)11-16-19(25)23-21(27)24(20(16)26)15-7-9-22-10-8-15/h5-13H,4H2,1-3H3,(H,23,25,27)/b16-11+/t13-/m0/s1. The van der Waals surface area contributed by atoms with E-state index in [2.05, 4.69) is 10.3 Å². The average molecular weight is 395 g/mol. The molecule has 8 heteroatoms. The SMILES string of the molecule is CC[C@H](C)Oc1ccc(/C=C2\C(=O)NC(=O)N(c3ccncc3)C2=O)cc1OC. The highest BCUT2D eigenvalue weighted by atomic mass is 16.5. The van der Waals surface area contributed by atoms with Crippen LogP contribution in [0.4, 0.5) is 10.5 Å². The van der Waals surface area contributed by atoms with Crippen LogP contribution in [0.5, 0.6) is 11.5 Å². The van der Waals surface area contributed by atoms with Crippen molar-refractivity contribution in [3.8, 4) is 11.5 Å². The minimum atomic E-state index is -0.807. The monoisotopic (exact) mass is 395 g/mol. The Morgan fingerprint density at radius 3 is 2.52 bits per heavy atom. The van der Waals surface area contributed by atoms with Crippen molar-refractivity contribution in [1.82, 2.24) is 10.3 Å². The van der Waals surface area contributed by atoms with Crippen molar-refractivity contribution in [3.05, 3.63) is 53.9 Å². The number of amides is 4. The molecule has 1 N–H and O–H groups in total. The number of anilines is 1. The van der Waals surface area contributed by atoms with Crippen LogP contribution in [0.15, 0.2) is 48.3 Å². The summed E-state index contributed by atoms with van der Waals surface area (Å²) in [6.45, 7) is 3.96. The van der Waals surface area contributed by atoms with Gasteiger partial charge in [-0.1, -0.05) is 13.0 Å². The second kappa shape index (κ2) is 8.55. The number of carbonyl (C=O) groups is 3. The molecular formula is C21H21N3O5. The summed E-state index contributed by atoms with van der Waals surface area (Å²) in [7, 11) is 1.51. The van der Waals surface area contributed by atoms with E-state index in [-0.39, 0.29) is 11.7 Å². The van der Waals surface area contributed by atoms with Crippen LogP contribution in [-0.4, -0.2) is 36.0 Å². The number of carbonyl (C=O) groups excluding carboxylic acids is 3. The van der Waals surface area contributed by atoms with Crippen LogP contribution < -0.4 is 19.7 Å². The van der Waals surface area contributed by atoms with Crippen molar-refractivity contribution in [3.63, 3.8) is 0 Å². The van der Waals surface area contributed by atoms with E-state index in [4.69, 9.17) is 9.47 Å². The summed E-state index contributed by atoms with van der Waals surface area (Å²) in [5.74, 6) is -0.435. The van der Waals surface area contributed by atoms with Gasteiger partial charge in [-0.2, -0.15) is 0 Å². The number of barbiturate groups is 1. The molecule has 1 aliphatic rings. The molecule has 0 aliphatic carbocycles. The number of hydrogen-bond donors (Lipinski definition) is 1. The number of nitrogens with zero attached hydrogens (tertiary/aromatic N) is 2. The third kappa shape index (κ3) is 4.26. The fourth-order valence-corrected chi connectivity index (χ4v) is 2.72. The van der Waals surface area contributed by atoms with Crippen LogP contribution in [0.3, 0.4) is 0 Å². The van der Waals surface area contributed by atoms with Gasteiger partial charge in [-0.3, -0.25) is 19.9 Å². The highest BCUT2D eigenvalue weighted by Crippen LogP contribution is 2.31. The van der Waals surface area contributed by atoms with Gasteiger partial charge in [-0.05, 0) is 49.2 Å². The molecule has 4 amide bonds. The molecular weight excluding hydrogens is 374 g/mol. The van der Waals surface area contributed by atoms with E-state index in [1.54, 1.807) is 18.2 Å². The number of pyridine rings is 1. The Kier molecular flexibility index (Phi) is 5.92. The number of rotatable bonds is 6. The van der Waals surface area contributed by atoms with Crippen molar-refractivity contribution < 1.29 is 23.9 Å². The lowest BCUT2D eigenvalue weighted by Crippen LogP contribution is -2.54. The van der Waals surface area contributed by atoms with E-state index in [1.165, 1.54) is 37.7 Å². The van der Waals surface area contributed by atoms with E-state index >= 15 is 0 Å². The molecule has 2 heterocycles. The zero-order chi connectivity index (χ0) is 21.0. The molecule has 1 aromatic heterocycles. The molecule has 1 aromatic carbocycles. The summed E-state index contributed by atoms with van der Waals surface area (Å²) in [6, 6.07) is 7.30. The average Bonchev–Trinajstić information content (AvgIpc) is 2.72. The Hall–Kier alpha value is -3.68. The first-order valence-electron chi connectivity index (χ1n) is 9.10. The highest BCUT2D eigenvalue weighted by Gasteiger charge is 2.36. The molecule has 2 aromatic rings. The van der Waals surface area contributed by atoms with Crippen molar-refractivity contribution in [2.24, 2.45) is 0 Å². The molecule has 1 aliphatic heterocycles. The Labute approximate surface area is 168 Å². The van der Waals surface area contributed by atoms with E-state index in [0.717, 1.165) is 11.3 Å². The van der Waals surface area contributed by atoms with Crippen LogP contribution in [0.25, 0.3) is 6.08 Å². The minimum absolute atomic E-state index is 0.0127. The Morgan fingerprint density at radius 1 is 1.14 bits per heavy atom. The van der Waals surface area contributed by atoms with E-state index in [9.17, 15) is 14.4 Å². The van der Waals surface area contributed by atoms with E-state index in [1.807, 2.05) is 13.8 Å². The van der Waals surface area contributed by atoms with Gasteiger partial charge in [0.1, 0.15) is 5.57 Å². The Balaban J connectivity index is 1.95. The van der Waals surface area contributed by atoms with Crippen molar-refractivity contribution in [1.29, 1.82) is 0 Å². The first-order valence-corrected chi connectivity index (χ1v) is 9.10. The second-order valence-electron chi connectivity index (χ2n) is 6.41. The van der Waals surface area contributed by atoms with Gasteiger partial charge >= 0.3 is 6.03 Å². The molecule has 0 unspecified atom stereocenters. The fourth-order valence-electron chi connectivity index (χ4n) is 2.72. The van der Waals surface area contributed by atoms with Gasteiger partial charge in [0.15, 0.2) is 11.5 Å². The topological polar surface area (TPSA) is 97.8 Å². The molecule has 150 valence electrons. The van der Waals surface area contributed by atoms with Crippen LogP contribution in [0, 0.1) is 0 Å². The molecule has 1 atom stereocenters. The fraction of sp³-hybridized carbons (Fsp3) is 0.238. The van der Waals surface area contributed by atoms with Gasteiger partial charge < -0.3 is 9.47 Å². The number of nitrogens with one attached hydrogen (secondary N) is 1. The Bertz CT molecular complexity index is 972. The van der Waals surface area contributed by atoms with Gasteiger partial charge in [0, 0.05) is 12.4 Å². The Morgan fingerprint density at radius 2 is 1.86 bits per heavy atom. The van der Waals surface area contributed by atoms with Gasteiger partial charge in [0.2, 0.25) is 0 Å². The maximum Gasteiger partial charge on any atom is 0.335 e. The molecule has 1 fully saturated rings. The predicted molar refractivity (Wildman–Crippen MR) is 107 cm³/mol. The summed E-state index contributed by atoms with van der Waals surface area (Å²) in [5, 5.41) is 2.18. The quantitative estimate of drug-likeness (QED) is 0.597. The van der Waals surface area contributed by atoms with E-state index < -0.39 is 17.8 Å². The highest BCUT2D eigenvalue weighted by molar-refractivity contribution is 6.39. The van der Waals surface area contributed by atoms with Crippen molar-refractivity contribution >= 4 is 29.6 Å². The van der Waals surface area contributed by atoms with Crippen molar-refractivity contribution in [2.75, 3.05) is 12.0 Å². The number of aromatic nitrogens is 1. The molecule has 29 heavy (non-hydrogen) atoms. The number of benzene rings is 1. The lowest BCUT2D eigenvalue weighted by Gasteiger charge is -2.26. The van der Waals surface area contributed by atoms with E-state index in [0.29, 0.717) is 22.7 Å². The maximum atomic E-state index is 12.9. The molecule has 1 saturated heterocycles. The first kappa shape index (κ1) is 20.1. The summed E-state index contributed by atoms with van der Waals surface area (Å²) < 4.78 is 11.2. The number of methoxy groups -OCH3 is 1. The van der Waals surface area contributed by atoms with Gasteiger partial charge in [-0.25, -0.2) is 9.69 Å². The second-order valence-corrected chi connectivity index (χ2v) is 6.41. The maximum absolute atomic E-state index is 12.9. The zero-order valence-corrected chi connectivity index (χ0v) is 16.3. The third-order valence-corrected chi connectivity index (χ3v) is 4.42. The van der Waals surface area contributed by atoms with Crippen LogP contribution in [-0.2, 0) is 9.59 Å². The van der Waals surface area contributed by atoms with Gasteiger partial charge in [-0.15, -0.1) is 0 Å². The molecule has 8 nitrogen and oxygen atoms in total. The summed E-state index contributed by atoms with van der Waals surface area (Å²) in [6.07, 6.45) is 5.17.